The van der Waals surface area contributed by atoms with E-state index in [1.54, 1.807) is 0 Å². The summed E-state index contributed by atoms with van der Waals surface area (Å²) in [4.78, 5) is 22.1. The van der Waals surface area contributed by atoms with Crippen LogP contribution in [0.3, 0.4) is 0 Å². The van der Waals surface area contributed by atoms with Crippen molar-refractivity contribution < 1.29 is 29.3 Å². The maximum Gasteiger partial charge on any atom is 0.303 e. The fourth-order valence-electron chi connectivity index (χ4n) is 2.19. The molecule has 1 rings (SSSR count). The Labute approximate surface area is 146 Å². The van der Waals surface area contributed by atoms with E-state index < -0.39 is 5.97 Å². The second kappa shape index (κ2) is 10.9. The standard InChI is InChI=1S/C17H24N2O6/c1-24-14-9-12(20)10-15(25-2)13(14)11-18-19-16(21)7-5-3-4-6-8-17(22)23/h9-11,20H,3-8H2,1-2H3,(H,19,21)(H,22,23)/b18-11+. The number of unbranched alkanes of at least 4 members (excludes halogenated alkanes) is 3. The summed E-state index contributed by atoms with van der Waals surface area (Å²) in [5, 5.41) is 22.0. The van der Waals surface area contributed by atoms with Gasteiger partial charge >= 0.3 is 5.97 Å². The van der Waals surface area contributed by atoms with Gasteiger partial charge in [0.25, 0.3) is 0 Å². The molecule has 1 aromatic carbocycles. The number of hydrazone groups is 1. The van der Waals surface area contributed by atoms with Gasteiger partial charge in [0.1, 0.15) is 17.2 Å². The van der Waals surface area contributed by atoms with Gasteiger partial charge in [-0.1, -0.05) is 12.8 Å². The highest BCUT2D eigenvalue weighted by molar-refractivity contribution is 5.89. The van der Waals surface area contributed by atoms with Crippen molar-refractivity contribution in [1.29, 1.82) is 0 Å². The number of phenols is 1. The zero-order valence-corrected chi connectivity index (χ0v) is 14.4. The number of hydrogen-bond acceptors (Lipinski definition) is 6. The predicted octanol–water partition coefficient (Wildman–Crippen LogP) is 2.28. The van der Waals surface area contributed by atoms with Crippen LogP contribution in [0.1, 0.15) is 44.1 Å². The van der Waals surface area contributed by atoms with Crippen molar-refractivity contribution >= 4 is 18.1 Å². The van der Waals surface area contributed by atoms with Crippen molar-refractivity contribution in [3.8, 4) is 17.2 Å². The fourth-order valence-corrected chi connectivity index (χ4v) is 2.19. The van der Waals surface area contributed by atoms with E-state index in [2.05, 4.69) is 10.5 Å². The van der Waals surface area contributed by atoms with Crippen LogP contribution in [0.2, 0.25) is 0 Å². The summed E-state index contributed by atoms with van der Waals surface area (Å²) in [5.74, 6) is -0.294. The number of aliphatic carboxylic acids is 1. The Morgan fingerprint density at radius 1 is 1.08 bits per heavy atom. The van der Waals surface area contributed by atoms with E-state index in [0.717, 1.165) is 12.8 Å². The quantitative estimate of drug-likeness (QED) is 0.319. The van der Waals surface area contributed by atoms with E-state index in [1.165, 1.54) is 32.6 Å². The molecule has 0 aromatic heterocycles. The highest BCUT2D eigenvalue weighted by Crippen LogP contribution is 2.31. The van der Waals surface area contributed by atoms with E-state index in [4.69, 9.17) is 14.6 Å². The number of aromatic hydroxyl groups is 1. The molecule has 0 saturated heterocycles. The zero-order chi connectivity index (χ0) is 18.7. The average molecular weight is 352 g/mol. The molecule has 0 aliphatic carbocycles. The van der Waals surface area contributed by atoms with Gasteiger partial charge in [0.2, 0.25) is 5.91 Å². The molecule has 0 aliphatic rings. The Morgan fingerprint density at radius 3 is 2.16 bits per heavy atom. The summed E-state index contributed by atoms with van der Waals surface area (Å²) in [6.45, 7) is 0. The van der Waals surface area contributed by atoms with Gasteiger partial charge in [-0.15, -0.1) is 0 Å². The van der Waals surface area contributed by atoms with Gasteiger partial charge in [-0.3, -0.25) is 9.59 Å². The molecular weight excluding hydrogens is 328 g/mol. The SMILES string of the molecule is COc1cc(O)cc(OC)c1/C=N/NC(=O)CCCCCCC(=O)O. The third kappa shape index (κ3) is 7.56. The second-order valence-corrected chi connectivity index (χ2v) is 5.37. The summed E-state index contributed by atoms with van der Waals surface area (Å²) in [6, 6.07) is 2.84. The Bertz CT molecular complexity index is 590. The lowest BCUT2D eigenvalue weighted by Crippen LogP contribution is -2.17. The van der Waals surface area contributed by atoms with Crippen molar-refractivity contribution in [1.82, 2.24) is 5.43 Å². The molecule has 3 N–H and O–H groups in total. The molecule has 0 atom stereocenters. The molecule has 0 heterocycles. The number of ether oxygens (including phenoxy) is 2. The monoisotopic (exact) mass is 352 g/mol. The summed E-state index contributed by atoms with van der Waals surface area (Å²) >= 11 is 0. The van der Waals surface area contributed by atoms with Crippen LogP contribution in [-0.4, -0.2) is 42.5 Å². The Balaban J connectivity index is 2.44. The van der Waals surface area contributed by atoms with Gasteiger partial charge < -0.3 is 19.7 Å². The Morgan fingerprint density at radius 2 is 1.64 bits per heavy atom. The number of carboxylic acids is 1. The lowest BCUT2D eigenvalue weighted by molar-refractivity contribution is -0.137. The van der Waals surface area contributed by atoms with Crippen LogP contribution in [0.15, 0.2) is 17.2 Å². The third-order valence-electron chi connectivity index (χ3n) is 3.46. The molecule has 0 saturated carbocycles. The molecule has 0 unspecified atom stereocenters. The number of nitrogens with zero attached hydrogens (tertiary/aromatic N) is 1. The van der Waals surface area contributed by atoms with Gasteiger partial charge in [0, 0.05) is 25.0 Å². The number of carboxylic acid groups (broad SMARTS) is 1. The molecule has 0 aliphatic heterocycles. The first kappa shape index (κ1) is 20.3. The van der Waals surface area contributed by atoms with Gasteiger partial charge in [-0.2, -0.15) is 5.10 Å². The van der Waals surface area contributed by atoms with Crippen LogP contribution < -0.4 is 14.9 Å². The van der Waals surface area contributed by atoms with Crippen LogP contribution >= 0.6 is 0 Å². The van der Waals surface area contributed by atoms with Gasteiger partial charge in [0.15, 0.2) is 0 Å². The summed E-state index contributed by atoms with van der Waals surface area (Å²) in [5.41, 5.74) is 2.92. The number of amides is 1. The molecule has 0 spiro atoms. The van der Waals surface area contributed by atoms with Crippen molar-refractivity contribution in [3.05, 3.63) is 17.7 Å². The average Bonchev–Trinajstić information content (AvgIpc) is 2.58. The highest BCUT2D eigenvalue weighted by atomic mass is 16.5. The van der Waals surface area contributed by atoms with Crippen molar-refractivity contribution in [2.75, 3.05) is 14.2 Å². The minimum atomic E-state index is -0.799. The van der Waals surface area contributed by atoms with E-state index in [9.17, 15) is 14.7 Å². The first-order valence-electron chi connectivity index (χ1n) is 7.96. The number of phenolic OH excluding ortho intramolecular Hbond substituents is 1. The minimum Gasteiger partial charge on any atom is -0.508 e. The first-order valence-corrected chi connectivity index (χ1v) is 7.96. The lowest BCUT2D eigenvalue weighted by Gasteiger charge is -2.10. The van der Waals surface area contributed by atoms with Gasteiger partial charge in [-0.05, 0) is 12.8 Å². The second-order valence-electron chi connectivity index (χ2n) is 5.37. The van der Waals surface area contributed by atoms with Crippen LogP contribution in [0.25, 0.3) is 0 Å². The topological polar surface area (TPSA) is 117 Å². The molecule has 0 fully saturated rings. The van der Waals surface area contributed by atoms with Crippen molar-refractivity contribution in [2.24, 2.45) is 5.10 Å². The van der Waals surface area contributed by atoms with Crippen LogP contribution in [0.4, 0.5) is 0 Å². The Kier molecular flexibility index (Phi) is 8.84. The van der Waals surface area contributed by atoms with E-state index >= 15 is 0 Å². The predicted molar refractivity (Wildman–Crippen MR) is 92.3 cm³/mol. The van der Waals surface area contributed by atoms with E-state index in [1.807, 2.05) is 0 Å². The normalized spacial score (nSPS) is 10.6. The summed E-state index contributed by atoms with van der Waals surface area (Å²) in [7, 11) is 2.91. The maximum absolute atomic E-state index is 11.7. The van der Waals surface area contributed by atoms with Crippen LogP contribution in [0, 0.1) is 0 Å². The molecule has 0 bridgehead atoms. The van der Waals surface area contributed by atoms with Gasteiger partial charge in [-0.25, -0.2) is 5.43 Å². The van der Waals surface area contributed by atoms with Crippen LogP contribution in [0.5, 0.6) is 17.2 Å². The number of rotatable bonds is 11. The number of nitrogens with one attached hydrogen (secondary N) is 1. The van der Waals surface area contributed by atoms with Gasteiger partial charge in [0.05, 0.1) is 26.0 Å². The molecule has 1 amide bonds. The summed E-state index contributed by atoms with van der Waals surface area (Å²) in [6.07, 6.45) is 4.74. The third-order valence-corrected chi connectivity index (χ3v) is 3.46. The van der Waals surface area contributed by atoms with Crippen LogP contribution in [-0.2, 0) is 9.59 Å². The van der Waals surface area contributed by atoms with E-state index in [-0.39, 0.29) is 18.1 Å². The molecule has 0 radical (unpaired) electrons. The smallest absolute Gasteiger partial charge is 0.303 e. The zero-order valence-electron chi connectivity index (χ0n) is 14.4. The number of benzene rings is 1. The fraction of sp³-hybridized carbons (Fsp3) is 0.471. The maximum atomic E-state index is 11.7. The minimum absolute atomic E-state index is 0.00205. The first-order chi connectivity index (χ1) is 12.0. The lowest BCUT2D eigenvalue weighted by atomic mass is 10.1. The summed E-state index contributed by atoms with van der Waals surface area (Å²) < 4.78 is 10.3. The number of methoxy groups -OCH3 is 2. The molecule has 138 valence electrons. The molecule has 8 heteroatoms. The Hall–Kier alpha value is -2.77. The number of carbonyl (C=O) groups excluding carboxylic acids is 1. The highest BCUT2D eigenvalue weighted by Gasteiger charge is 2.10. The number of hydrogen-bond donors (Lipinski definition) is 3. The molecule has 8 nitrogen and oxygen atoms in total. The molecule has 1 aromatic rings. The largest absolute Gasteiger partial charge is 0.508 e. The van der Waals surface area contributed by atoms with Crippen molar-refractivity contribution in [2.45, 2.75) is 38.5 Å². The molecule has 25 heavy (non-hydrogen) atoms. The van der Waals surface area contributed by atoms with E-state index in [0.29, 0.717) is 36.3 Å². The van der Waals surface area contributed by atoms with Crippen molar-refractivity contribution in [3.63, 3.8) is 0 Å². The number of carbonyl (C=O) groups is 2. The molecular formula is C17H24N2O6.